The number of rotatable bonds is 3. The van der Waals surface area contributed by atoms with Gasteiger partial charge in [-0.25, -0.2) is 4.79 Å². The quantitative estimate of drug-likeness (QED) is 0.685. The van der Waals surface area contributed by atoms with Gasteiger partial charge in [0.1, 0.15) is 0 Å². The van der Waals surface area contributed by atoms with Crippen LogP contribution in [0.15, 0.2) is 47.5 Å². The van der Waals surface area contributed by atoms with Gasteiger partial charge in [-0.2, -0.15) is 0 Å². The van der Waals surface area contributed by atoms with Crippen molar-refractivity contribution >= 4 is 51.9 Å². The number of carbonyl (C=O) groups excluding carboxylic acids is 1. The number of anilines is 1. The molecule has 7 heteroatoms. The third-order valence-electron chi connectivity index (χ3n) is 3.43. The molecule has 23 heavy (non-hydrogen) atoms. The Morgan fingerprint density at radius 1 is 1.26 bits per heavy atom. The van der Waals surface area contributed by atoms with E-state index in [9.17, 15) is 9.59 Å². The zero-order chi connectivity index (χ0) is 16.6. The summed E-state index contributed by atoms with van der Waals surface area (Å²) in [5, 5.41) is 8.93. The molecule has 0 atom stereocenters. The number of hydrogen-bond acceptors (Lipinski definition) is 4. The number of aryl methyl sites for hydroxylation is 1. The van der Waals surface area contributed by atoms with Gasteiger partial charge in [-0.1, -0.05) is 24.0 Å². The third kappa shape index (κ3) is 2.93. The van der Waals surface area contributed by atoms with Crippen molar-refractivity contribution in [1.29, 1.82) is 0 Å². The molecule has 1 saturated heterocycles. The minimum absolute atomic E-state index is 0.165. The molecule has 116 valence electrons. The molecule has 0 saturated carbocycles. The van der Waals surface area contributed by atoms with E-state index in [0.717, 1.165) is 5.69 Å². The van der Waals surface area contributed by atoms with Gasteiger partial charge < -0.3 is 9.67 Å². The van der Waals surface area contributed by atoms with Crippen LogP contribution in [0.5, 0.6) is 0 Å². The first-order chi connectivity index (χ1) is 11.0. The Labute approximate surface area is 142 Å². The van der Waals surface area contributed by atoms with Crippen LogP contribution in [0, 0.1) is 0 Å². The highest BCUT2D eigenvalue weighted by Crippen LogP contribution is 2.36. The molecule has 0 unspecified atom stereocenters. The Morgan fingerprint density at radius 3 is 2.52 bits per heavy atom. The van der Waals surface area contributed by atoms with E-state index >= 15 is 0 Å². The summed E-state index contributed by atoms with van der Waals surface area (Å²) in [4.78, 5) is 25.5. The first-order valence-corrected chi connectivity index (χ1v) is 7.92. The number of benzene rings is 1. The summed E-state index contributed by atoms with van der Waals surface area (Å²) in [6.45, 7) is 0. The summed E-state index contributed by atoms with van der Waals surface area (Å²) in [6.07, 6.45) is 3.70. The molecule has 5 nitrogen and oxygen atoms in total. The highest BCUT2D eigenvalue weighted by molar-refractivity contribution is 8.27. The molecule has 1 aromatic heterocycles. The molecule has 0 spiro atoms. The van der Waals surface area contributed by atoms with Crippen molar-refractivity contribution in [2.45, 2.75) is 0 Å². The van der Waals surface area contributed by atoms with Gasteiger partial charge in [-0.3, -0.25) is 9.69 Å². The molecule has 1 aliphatic heterocycles. The lowest BCUT2D eigenvalue weighted by Crippen LogP contribution is -2.27. The van der Waals surface area contributed by atoms with E-state index in [1.165, 1.54) is 28.8 Å². The molecule has 0 bridgehead atoms. The standard InChI is InChI=1S/C16H12N2O3S2/c1-17-8-2-3-12(17)9-13-14(19)18(16(22)23-13)11-6-4-10(5-7-11)15(20)21/h2-9H,1H3,(H,20,21)/b13-9+. The molecule has 0 radical (unpaired) electrons. The Balaban J connectivity index is 1.91. The monoisotopic (exact) mass is 344 g/mol. The molecule has 1 aromatic carbocycles. The van der Waals surface area contributed by atoms with Crippen LogP contribution in [0.4, 0.5) is 5.69 Å². The van der Waals surface area contributed by atoms with Crippen molar-refractivity contribution in [2.75, 3.05) is 4.90 Å². The zero-order valence-corrected chi connectivity index (χ0v) is 13.7. The number of thioether (sulfide) groups is 1. The van der Waals surface area contributed by atoms with Gasteiger partial charge in [-0.15, -0.1) is 0 Å². The summed E-state index contributed by atoms with van der Waals surface area (Å²) in [6, 6.07) is 9.89. The van der Waals surface area contributed by atoms with Crippen LogP contribution >= 0.6 is 24.0 Å². The minimum atomic E-state index is -1.01. The van der Waals surface area contributed by atoms with E-state index in [2.05, 4.69) is 0 Å². The molecule has 1 amide bonds. The normalized spacial score (nSPS) is 16.4. The molecule has 1 fully saturated rings. The lowest BCUT2D eigenvalue weighted by Gasteiger charge is -2.14. The van der Waals surface area contributed by atoms with Crippen LogP contribution in [-0.2, 0) is 11.8 Å². The van der Waals surface area contributed by atoms with E-state index in [-0.39, 0.29) is 11.5 Å². The highest BCUT2D eigenvalue weighted by atomic mass is 32.2. The topological polar surface area (TPSA) is 62.5 Å². The molecular weight excluding hydrogens is 332 g/mol. The summed E-state index contributed by atoms with van der Waals surface area (Å²) < 4.78 is 2.34. The Morgan fingerprint density at radius 2 is 1.96 bits per heavy atom. The number of thiocarbonyl (C=S) groups is 1. The van der Waals surface area contributed by atoms with Gasteiger partial charge in [0.25, 0.3) is 5.91 Å². The first-order valence-electron chi connectivity index (χ1n) is 6.70. The highest BCUT2D eigenvalue weighted by Gasteiger charge is 2.33. The van der Waals surface area contributed by atoms with Crippen molar-refractivity contribution in [3.63, 3.8) is 0 Å². The SMILES string of the molecule is Cn1cccc1/C=C1/SC(=S)N(c2ccc(C(=O)O)cc2)C1=O. The van der Waals surface area contributed by atoms with Gasteiger partial charge >= 0.3 is 5.97 Å². The smallest absolute Gasteiger partial charge is 0.335 e. The van der Waals surface area contributed by atoms with Crippen molar-refractivity contribution in [3.8, 4) is 0 Å². The summed E-state index contributed by atoms with van der Waals surface area (Å²) in [5.74, 6) is -1.21. The number of aromatic carboxylic acids is 1. The van der Waals surface area contributed by atoms with E-state index < -0.39 is 5.97 Å². The Kier molecular flexibility index (Phi) is 4.06. The molecule has 1 N–H and O–H groups in total. The first kappa shape index (κ1) is 15.5. The summed E-state index contributed by atoms with van der Waals surface area (Å²) in [5.41, 5.74) is 1.64. The van der Waals surface area contributed by atoms with Crippen molar-refractivity contribution < 1.29 is 14.7 Å². The van der Waals surface area contributed by atoms with Gasteiger partial charge in [0.05, 0.1) is 16.2 Å². The van der Waals surface area contributed by atoms with Crippen LogP contribution in [0.3, 0.4) is 0 Å². The number of carbonyl (C=O) groups is 2. The fourth-order valence-corrected chi connectivity index (χ4v) is 3.49. The fourth-order valence-electron chi connectivity index (χ4n) is 2.20. The van der Waals surface area contributed by atoms with Crippen molar-refractivity contribution in [1.82, 2.24) is 4.57 Å². The second kappa shape index (κ2) is 6.02. The zero-order valence-electron chi connectivity index (χ0n) is 12.1. The Bertz CT molecular complexity index is 837. The number of amides is 1. The van der Waals surface area contributed by atoms with Gasteiger partial charge in [-0.05, 0) is 42.5 Å². The number of hydrogen-bond donors (Lipinski definition) is 1. The largest absolute Gasteiger partial charge is 0.478 e. The maximum absolute atomic E-state index is 12.6. The van der Waals surface area contributed by atoms with Gasteiger partial charge in [0.2, 0.25) is 0 Å². The van der Waals surface area contributed by atoms with Crippen LogP contribution in [0.2, 0.25) is 0 Å². The molecule has 0 aliphatic carbocycles. The average molecular weight is 344 g/mol. The van der Waals surface area contributed by atoms with Crippen LogP contribution < -0.4 is 4.90 Å². The lowest BCUT2D eigenvalue weighted by atomic mass is 10.2. The number of aromatic nitrogens is 1. The minimum Gasteiger partial charge on any atom is -0.478 e. The predicted molar refractivity (Wildman–Crippen MR) is 94.5 cm³/mol. The van der Waals surface area contributed by atoms with Gasteiger partial charge in [0.15, 0.2) is 4.32 Å². The van der Waals surface area contributed by atoms with E-state index in [4.69, 9.17) is 17.3 Å². The predicted octanol–water partition coefficient (Wildman–Crippen LogP) is 3.13. The van der Waals surface area contributed by atoms with Crippen LogP contribution in [0.1, 0.15) is 16.1 Å². The van der Waals surface area contributed by atoms with Crippen molar-refractivity contribution in [2.24, 2.45) is 7.05 Å². The van der Waals surface area contributed by atoms with E-state index in [0.29, 0.717) is 14.9 Å². The molecule has 2 aromatic rings. The fraction of sp³-hybridized carbons (Fsp3) is 0.0625. The second-order valence-electron chi connectivity index (χ2n) is 4.91. The van der Waals surface area contributed by atoms with Gasteiger partial charge in [0, 0.05) is 18.9 Å². The van der Waals surface area contributed by atoms with Crippen LogP contribution in [0.25, 0.3) is 6.08 Å². The van der Waals surface area contributed by atoms with E-state index in [1.807, 2.05) is 29.9 Å². The number of carboxylic acids is 1. The average Bonchev–Trinajstić information content (AvgIpc) is 3.04. The Hall–Kier alpha value is -2.38. The van der Waals surface area contributed by atoms with Crippen molar-refractivity contribution in [3.05, 3.63) is 58.8 Å². The summed E-state index contributed by atoms with van der Waals surface area (Å²) >= 11 is 6.53. The lowest BCUT2D eigenvalue weighted by molar-refractivity contribution is -0.113. The molecule has 2 heterocycles. The summed E-state index contributed by atoms with van der Waals surface area (Å²) in [7, 11) is 1.90. The maximum Gasteiger partial charge on any atom is 0.335 e. The third-order valence-corrected chi connectivity index (χ3v) is 4.73. The number of carboxylic acid groups (broad SMARTS) is 1. The van der Waals surface area contributed by atoms with Crippen LogP contribution in [-0.4, -0.2) is 25.9 Å². The molecule has 3 rings (SSSR count). The second-order valence-corrected chi connectivity index (χ2v) is 6.59. The maximum atomic E-state index is 12.6. The number of nitrogens with zero attached hydrogens (tertiary/aromatic N) is 2. The molecular formula is C16H12N2O3S2. The molecule has 1 aliphatic rings. The van der Waals surface area contributed by atoms with E-state index in [1.54, 1.807) is 18.2 Å².